The molecule has 10 heteroatoms. The Kier molecular flexibility index (Phi) is 4.10. The second-order valence-corrected chi connectivity index (χ2v) is 5.78. The molecule has 102 valence electrons. The maximum absolute atomic E-state index is 12.0. The van der Waals surface area contributed by atoms with Crippen LogP contribution in [-0.4, -0.2) is 29.0 Å². The molecule has 0 bridgehead atoms. The largest absolute Gasteiger partial charge is 0.326 e. The van der Waals surface area contributed by atoms with Crippen molar-refractivity contribution in [3.63, 3.8) is 0 Å². The fraction of sp³-hybridized carbons (Fsp3) is 0.222. The van der Waals surface area contributed by atoms with E-state index in [0.29, 0.717) is 10.6 Å². The fourth-order valence-corrected chi connectivity index (χ4v) is 2.60. The predicted octanol–water partition coefficient (Wildman–Crippen LogP) is -0.210. The Balaban J connectivity index is 2.19. The van der Waals surface area contributed by atoms with Gasteiger partial charge in [-0.05, 0) is 23.8 Å². The lowest BCUT2D eigenvalue weighted by atomic mass is 10.2. The van der Waals surface area contributed by atoms with Crippen molar-refractivity contribution in [2.45, 2.75) is 18.0 Å². The first-order valence-corrected chi connectivity index (χ1v) is 7.09. The van der Waals surface area contributed by atoms with Crippen molar-refractivity contribution in [1.82, 2.24) is 25.3 Å². The van der Waals surface area contributed by atoms with Gasteiger partial charge in [-0.2, -0.15) is 5.21 Å². The maximum Gasteiger partial charge on any atom is 0.240 e. The van der Waals surface area contributed by atoms with Gasteiger partial charge in [0.25, 0.3) is 0 Å². The lowest BCUT2D eigenvalue weighted by molar-refractivity contribution is 0.579. The van der Waals surface area contributed by atoms with Crippen LogP contribution in [0.15, 0.2) is 23.1 Å². The summed E-state index contributed by atoms with van der Waals surface area (Å²) in [7, 11) is -3.67. The number of halogens is 1. The van der Waals surface area contributed by atoms with Crippen molar-refractivity contribution in [1.29, 1.82) is 0 Å². The third-order valence-corrected chi connectivity index (χ3v) is 4.12. The van der Waals surface area contributed by atoms with Crippen LogP contribution in [0.2, 0.25) is 5.02 Å². The Morgan fingerprint density at radius 3 is 2.84 bits per heavy atom. The van der Waals surface area contributed by atoms with Crippen molar-refractivity contribution in [3.8, 4) is 0 Å². The van der Waals surface area contributed by atoms with Gasteiger partial charge in [0.15, 0.2) is 5.82 Å². The van der Waals surface area contributed by atoms with E-state index in [9.17, 15) is 8.42 Å². The van der Waals surface area contributed by atoms with Crippen LogP contribution in [0.4, 0.5) is 0 Å². The highest BCUT2D eigenvalue weighted by molar-refractivity contribution is 7.89. The van der Waals surface area contributed by atoms with Crippen molar-refractivity contribution >= 4 is 21.6 Å². The number of nitrogens with two attached hydrogens (primary N) is 1. The van der Waals surface area contributed by atoms with Crippen LogP contribution < -0.4 is 10.5 Å². The van der Waals surface area contributed by atoms with Crippen LogP contribution in [-0.2, 0) is 23.1 Å². The standard InChI is InChI=1S/C9H11ClN6O2S/c10-8-2-1-7(3-6(8)4-11)19(17,18)12-5-9-13-15-16-14-9/h1-3,12H,4-5,11H2,(H,13,14,15,16). The molecule has 1 heterocycles. The van der Waals surface area contributed by atoms with E-state index in [4.69, 9.17) is 17.3 Å². The van der Waals surface area contributed by atoms with Gasteiger partial charge < -0.3 is 5.73 Å². The number of nitrogens with one attached hydrogen (secondary N) is 2. The van der Waals surface area contributed by atoms with Gasteiger partial charge in [0.05, 0.1) is 11.4 Å². The first-order valence-electron chi connectivity index (χ1n) is 5.23. The second-order valence-electron chi connectivity index (χ2n) is 3.61. The second kappa shape index (κ2) is 5.61. The van der Waals surface area contributed by atoms with Gasteiger partial charge in [0.1, 0.15) is 0 Å². The van der Waals surface area contributed by atoms with Crippen LogP contribution in [0.1, 0.15) is 11.4 Å². The van der Waals surface area contributed by atoms with Gasteiger partial charge in [-0.15, -0.1) is 10.2 Å². The molecule has 0 unspecified atom stereocenters. The van der Waals surface area contributed by atoms with Crippen LogP contribution in [0.5, 0.6) is 0 Å². The SMILES string of the molecule is NCc1cc(S(=O)(=O)NCc2nn[nH]n2)ccc1Cl. The zero-order valence-corrected chi connectivity index (χ0v) is 11.2. The lowest BCUT2D eigenvalue weighted by Gasteiger charge is -2.07. The molecule has 4 N–H and O–H groups in total. The van der Waals surface area contributed by atoms with Gasteiger partial charge >= 0.3 is 0 Å². The quantitative estimate of drug-likeness (QED) is 0.701. The number of sulfonamides is 1. The molecule has 0 aliphatic carbocycles. The topological polar surface area (TPSA) is 127 Å². The summed E-state index contributed by atoms with van der Waals surface area (Å²) >= 11 is 5.88. The summed E-state index contributed by atoms with van der Waals surface area (Å²) in [6, 6.07) is 4.33. The molecule has 0 amide bonds. The molecule has 1 aromatic heterocycles. The van der Waals surface area contributed by atoms with E-state index in [1.54, 1.807) is 0 Å². The molecule has 0 atom stereocenters. The molecular weight excluding hydrogens is 292 g/mol. The minimum atomic E-state index is -3.67. The van der Waals surface area contributed by atoms with Gasteiger partial charge in [-0.1, -0.05) is 16.8 Å². The van der Waals surface area contributed by atoms with Crippen LogP contribution >= 0.6 is 11.6 Å². The van der Waals surface area contributed by atoms with Crippen LogP contribution in [0, 0.1) is 0 Å². The molecule has 19 heavy (non-hydrogen) atoms. The molecule has 8 nitrogen and oxygen atoms in total. The van der Waals surface area contributed by atoms with Crippen molar-refractivity contribution in [2.24, 2.45) is 5.73 Å². The third-order valence-electron chi connectivity index (χ3n) is 2.36. The first kappa shape index (κ1) is 13.9. The van der Waals surface area contributed by atoms with E-state index in [2.05, 4.69) is 25.3 Å². The molecule has 0 aliphatic rings. The highest BCUT2D eigenvalue weighted by Crippen LogP contribution is 2.20. The molecule has 2 aromatic rings. The van der Waals surface area contributed by atoms with E-state index >= 15 is 0 Å². The summed E-state index contributed by atoms with van der Waals surface area (Å²) in [5.41, 5.74) is 6.04. The molecule has 0 aliphatic heterocycles. The Morgan fingerprint density at radius 2 is 2.21 bits per heavy atom. The molecular formula is C9H11ClN6O2S. The minimum absolute atomic E-state index is 0.0561. The summed E-state index contributed by atoms with van der Waals surface area (Å²) < 4.78 is 26.4. The van der Waals surface area contributed by atoms with E-state index in [1.165, 1.54) is 18.2 Å². The Bertz CT molecular complexity index is 657. The monoisotopic (exact) mass is 302 g/mol. The molecule has 0 fully saturated rings. The normalized spacial score (nSPS) is 11.7. The lowest BCUT2D eigenvalue weighted by Crippen LogP contribution is -2.24. The average Bonchev–Trinajstić information content (AvgIpc) is 2.90. The highest BCUT2D eigenvalue weighted by atomic mass is 35.5. The van der Waals surface area contributed by atoms with Gasteiger partial charge in [0, 0.05) is 11.6 Å². The van der Waals surface area contributed by atoms with Crippen LogP contribution in [0.25, 0.3) is 0 Å². The van der Waals surface area contributed by atoms with Crippen molar-refractivity contribution in [3.05, 3.63) is 34.6 Å². The van der Waals surface area contributed by atoms with E-state index in [1.807, 2.05) is 0 Å². The molecule has 2 rings (SSSR count). The summed E-state index contributed by atoms with van der Waals surface area (Å²) in [5.74, 6) is 0.247. The number of aromatic amines is 1. The Morgan fingerprint density at radius 1 is 1.42 bits per heavy atom. The number of aromatic nitrogens is 4. The summed E-state index contributed by atoms with van der Waals surface area (Å²) in [5, 5.41) is 13.3. The number of H-pyrrole nitrogens is 1. The molecule has 0 saturated heterocycles. The first-order chi connectivity index (χ1) is 9.03. The fourth-order valence-electron chi connectivity index (χ4n) is 1.37. The number of hydrogen-bond donors (Lipinski definition) is 3. The molecule has 0 spiro atoms. The number of rotatable bonds is 5. The molecule has 0 saturated carbocycles. The number of benzene rings is 1. The number of nitrogens with zero attached hydrogens (tertiary/aromatic N) is 3. The van der Waals surface area contributed by atoms with E-state index in [0.717, 1.165) is 0 Å². The minimum Gasteiger partial charge on any atom is -0.326 e. The highest BCUT2D eigenvalue weighted by Gasteiger charge is 2.16. The maximum atomic E-state index is 12.0. The van der Waals surface area contributed by atoms with Crippen molar-refractivity contribution < 1.29 is 8.42 Å². The molecule has 0 radical (unpaired) electrons. The zero-order valence-electron chi connectivity index (χ0n) is 9.67. The third kappa shape index (κ3) is 3.26. The van der Waals surface area contributed by atoms with E-state index in [-0.39, 0.29) is 23.8 Å². The summed E-state index contributed by atoms with van der Waals surface area (Å²) in [6.45, 7) is 0.104. The predicted molar refractivity (Wildman–Crippen MR) is 67.5 cm³/mol. The Hall–Kier alpha value is -1.55. The van der Waals surface area contributed by atoms with E-state index < -0.39 is 10.0 Å². The number of hydrogen-bond acceptors (Lipinski definition) is 6. The zero-order chi connectivity index (χ0) is 13.9. The van der Waals surface area contributed by atoms with Crippen LogP contribution in [0.3, 0.4) is 0 Å². The van der Waals surface area contributed by atoms with Gasteiger partial charge in [0.2, 0.25) is 10.0 Å². The van der Waals surface area contributed by atoms with Gasteiger partial charge in [-0.3, -0.25) is 0 Å². The smallest absolute Gasteiger partial charge is 0.240 e. The summed E-state index contributed by atoms with van der Waals surface area (Å²) in [6.07, 6.45) is 0. The Labute approximate surface area is 114 Å². The average molecular weight is 303 g/mol. The van der Waals surface area contributed by atoms with Crippen molar-refractivity contribution in [2.75, 3.05) is 0 Å². The number of tetrazole rings is 1. The molecule has 1 aromatic carbocycles. The summed E-state index contributed by atoms with van der Waals surface area (Å²) in [4.78, 5) is 0.0841. The van der Waals surface area contributed by atoms with Gasteiger partial charge in [-0.25, -0.2) is 13.1 Å².